The minimum absolute atomic E-state index is 0.0470. The Balaban J connectivity index is 1.73. The maximum Gasteiger partial charge on any atom is 0.272 e. The molecule has 0 bridgehead atoms. The van der Waals surface area contributed by atoms with Crippen LogP contribution < -0.4 is 5.32 Å². The molecule has 1 aliphatic carbocycles. The molecule has 1 saturated heterocycles. The van der Waals surface area contributed by atoms with Gasteiger partial charge in [0.15, 0.2) is 15.5 Å². The second-order valence-corrected chi connectivity index (χ2v) is 7.54. The molecule has 0 aromatic carbocycles. The molecule has 0 saturated carbocycles. The van der Waals surface area contributed by atoms with Gasteiger partial charge in [0.1, 0.15) is 0 Å². The van der Waals surface area contributed by atoms with Gasteiger partial charge in [-0.1, -0.05) is 0 Å². The molecule has 19 heavy (non-hydrogen) atoms. The number of nitrogens with one attached hydrogen (secondary N) is 2. The number of amides is 1. The van der Waals surface area contributed by atoms with Crippen molar-refractivity contribution < 1.29 is 13.2 Å². The Bertz CT molecular complexity index is 606. The molecule has 1 aliphatic heterocycles. The summed E-state index contributed by atoms with van der Waals surface area (Å²) in [6, 6.07) is -0.270. The van der Waals surface area contributed by atoms with Gasteiger partial charge in [0, 0.05) is 17.3 Å². The van der Waals surface area contributed by atoms with Crippen molar-refractivity contribution in [1.82, 2.24) is 15.5 Å². The van der Waals surface area contributed by atoms with Crippen LogP contribution in [-0.4, -0.2) is 42.1 Å². The third-order valence-corrected chi connectivity index (χ3v) is 5.61. The lowest BCUT2D eigenvalue weighted by Gasteiger charge is -2.13. The van der Waals surface area contributed by atoms with Crippen LogP contribution in [-0.2, 0) is 22.7 Å². The lowest BCUT2D eigenvalue weighted by Crippen LogP contribution is -2.36. The molecule has 7 heteroatoms. The predicted molar refractivity (Wildman–Crippen MR) is 69.8 cm³/mol. The standard InChI is InChI=1S/C12H17N3O3S/c16-12(13-8-5-6-19(17,18)7-8)11-9-3-1-2-4-10(9)14-15-11/h8H,1-7H2,(H,13,16)(H,14,15). The number of fused-ring (bicyclic) bond motifs is 1. The summed E-state index contributed by atoms with van der Waals surface area (Å²) in [7, 11) is -2.97. The molecule has 2 N–H and O–H groups in total. The fraction of sp³-hybridized carbons (Fsp3) is 0.667. The smallest absolute Gasteiger partial charge is 0.272 e. The normalized spacial score (nSPS) is 24.9. The molecule has 0 spiro atoms. The van der Waals surface area contributed by atoms with Crippen LogP contribution in [0.1, 0.15) is 41.0 Å². The molecule has 104 valence electrons. The number of hydrogen-bond acceptors (Lipinski definition) is 4. The molecule has 2 heterocycles. The van der Waals surface area contributed by atoms with Gasteiger partial charge in [-0.15, -0.1) is 0 Å². The molecule has 3 rings (SSSR count). The summed E-state index contributed by atoms with van der Waals surface area (Å²) in [4.78, 5) is 12.2. The molecule has 2 aliphatic rings. The van der Waals surface area contributed by atoms with E-state index in [1.54, 1.807) is 0 Å². The van der Waals surface area contributed by atoms with E-state index < -0.39 is 9.84 Å². The van der Waals surface area contributed by atoms with Crippen LogP contribution in [0, 0.1) is 0 Å². The maximum absolute atomic E-state index is 12.2. The van der Waals surface area contributed by atoms with E-state index in [1.165, 1.54) is 0 Å². The van der Waals surface area contributed by atoms with Crippen LogP contribution in [0.15, 0.2) is 0 Å². The van der Waals surface area contributed by atoms with Crippen LogP contribution in [0.25, 0.3) is 0 Å². The van der Waals surface area contributed by atoms with E-state index in [2.05, 4.69) is 15.5 Å². The van der Waals surface area contributed by atoms with Crippen LogP contribution in [0.4, 0.5) is 0 Å². The number of hydrogen-bond donors (Lipinski definition) is 2. The number of aromatic nitrogens is 2. The van der Waals surface area contributed by atoms with E-state index in [0.29, 0.717) is 12.1 Å². The summed E-state index contributed by atoms with van der Waals surface area (Å²) >= 11 is 0. The van der Waals surface area contributed by atoms with Crippen LogP contribution in [0.5, 0.6) is 0 Å². The molecular formula is C12H17N3O3S. The number of nitrogens with zero attached hydrogens (tertiary/aromatic N) is 1. The zero-order chi connectivity index (χ0) is 13.5. The first-order valence-electron chi connectivity index (χ1n) is 6.62. The zero-order valence-corrected chi connectivity index (χ0v) is 11.4. The maximum atomic E-state index is 12.2. The molecule has 1 fully saturated rings. The summed E-state index contributed by atoms with van der Waals surface area (Å²) < 4.78 is 22.7. The number of carbonyl (C=O) groups excluding carboxylic acids is 1. The van der Waals surface area contributed by atoms with Gasteiger partial charge in [-0.25, -0.2) is 8.42 Å². The van der Waals surface area contributed by atoms with Crippen molar-refractivity contribution in [2.24, 2.45) is 0 Å². The Morgan fingerprint density at radius 2 is 2.11 bits per heavy atom. The Morgan fingerprint density at radius 3 is 2.84 bits per heavy atom. The highest BCUT2D eigenvalue weighted by Crippen LogP contribution is 2.22. The highest BCUT2D eigenvalue weighted by atomic mass is 32.2. The third-order valence-electron chi connectivity index (χ3n) is 3.84. The minimum atomic E-state index is -2.97. The van der Waals surface area contributed by atoms with Crippen molar-refractivity contribution in [3.05, 3.63) is 17.0 Å². The number of sulfone groups is 1. The van der Waals surface area contributed by atoms with Gasteiger partial charge < -0.3 is 5.32 Å². The largest absolute Gasteiger partial charge is 0.347 e. The number of rotatable bonds is 2. The highest BCUT2D eigenvalue weighted by Gasteiger charge is 2.30. The van der Waals surface area contributed by atoms with Gasteiger partial charge in [-0.3, -0.25) is 9.89 Å². The molecule has 1 aromatic heterocycles. The van der Waals surface area contributed by atoms with E-state index in [1.807, 2.05) is 0 Å². The molecular weight excluding hydrogens is 266 g/mol. The second kappa shape index (κ2) is 4.63. The Kier molecular flexibility index (Phi) is 3.08. The van der Waals surface area contributed by atoms with Crippen molar-refractivity contribution in [3.63, 3.8) is 0 Å². The van der Waals surface area contributed by atoms with Gasteiger partial charge in [-0.05, 0) is 32.1 Å². The van der Waals surface area contributed by atoms with E-state index in [0.717, 1.165) is 36.9 Å². The first-order chi connectivity index (χ1) is 9.05. The quantitative estimate of drug-likeness (QED) is 0.811. The van der Waals surface area contributed by atoms with Crippen molar-refractivity contribution >= 4 is 15.7 Å². The number of H-pyrrole nitrogens is 1. The lowest BCUT2D eigenvalue weighted by molar-refractivity contribution is 0.0935. The Morgan fingerprint density at radius 1 is 1.32 bits per heavy atom. The fourth-order valence-electron chi connectivity index (χ4n) is 2.83. The van der Waals surface area contributed by atoms with E-state index in [4.69, 9.17) is 0 Å². The second-order valence-electron chi connectivity index (χ2n) is 5.31. The minimum Gasteiger partial charge on any atom is -0.347 e. The zero-order valence-electron chi connectivity index (χ0n) is 10.6. The van der Waals surface area contributed by atoms with E-state index in [9.17, 15) is 13.2 Å². The third kappa shape index (κ3) is 2.51. The molecule has 1 aromatic rings. The van der Waals surface area contributed by atoms with Crippen molar-refractivity contribution in [2.75, 3.05) is 11.5 Å². The Labute approximate surface area is 111 Å². The van der Waals surface area contributed by atoms with Gasteiger partial charge in [0.05, 0.1) is 11.5 Å². The summed E-state index contributed by atoms with van der Waals surface area (Å²) in [5, 5.41) is 9.80. The van der Waals surface area contributed by atoms with Crippen LogP contribution in [0.2, 0.25) is 0 Å². The molecule has 0 radical (unpaired) electrons. The number of carbonyl (C=O) groups is 1. The van der Waals surface area contributed by atoms with Gasteiger partial charge >= 0.3 is 0 Å². The average molecular weight is 283 g/mol. The van der Waals surface area contributed by atoms with Crippen molar-refractivity contribution in [1.29, 1.82) is 0 Å². The van der Waals surface area contributed by atoms with Crippen LogP contribution >= 0.6 is 0 Å². The summed E-state index contributed by atoms with van der Waals surface area (Å²) in [5.74, 6) is -0.0383. The van der Waals surface area contributed by atoms with Crippen molar-refractivity contribution in [3.8, 4) is 0 Å². The van der Waals surface area contributed by atoms with E-state index >= 15 is 0 Å². The highest BCUT2D eigenvalue weighted by molar-refractivity contribution is 7.91. The summed E-state index contributed by atoms with van der Waals surface area (Å²) in [6.45, 7) is 0. The van der Waals surface area contributed by atoms with Crippen molar-refractivity contribution in [2.45, 2.75) is 38.1 Å². The predicted octanol–water partition coefficient (Wildman–Crippen LogP) is 0.205. The lowest BCUT2D eigenvalue weighted by atomic mass is 9.95. The van der Waals surface area contributed by atoms with Crippen LogP contribution in [0.3, 0.4) is 0 Å². The Hall–Kier alpha value is -1.37. The first kappa shape index (κ1) is 12.7. The van der Waals surface area contributed by atoms with Gasteiger partial charge in [0.25, 0.3) is 5.91 Å². The molecule has 1 unspecified atom stereocenters. The number of aryl methyl sites for hydroxylation is 1. The SMILES string of the molecule is O=C(NC1CCS(=O)(=O)C1)c1n[nH]c2c1CCCC2. The monoisotopic (exact) mass is 283 g/mol. The molecule has 1 amide bonds. The summed E-state index contributed by atoms with van der Waals surface area (Å²) in [6.07, 6.45) is 4.51. The topological polar surface area (TPSA) is 91.9 Å². The van der Waals surface area contributed by atoms with Gasteiger partial charge in [0.2, 0.25) is 0 Å². The average Bonchev–Trinajstić information content (AvgIpc) is 2.92. The molecule has 6 nitrogen and oxygen atoms in total. The van der Waals surface area contributed by atoms with Gasteiger partial charge in [-0.2, -0.15) is 5.10 Å². The first-order valence-corrected chi connectivity index (χ1v) is 8.45. The molecule has 1 atom stereocenters. The number of aromatic amines is 1. The fourth-order valence-corrected chi connectivity index (χ4v) is 4.50. The summed E-state index contributed by atoms with van der Waals surface area (Å²) in [5.41, 5.74) is 2.50. The van der Waals surface area contributed by atoms with E-state index in [-0.39, 0.29) is 23.5 Å².